The Balaban J connectivity index is 2.91. The molecule has 1 heterocycles. The molecule has 0 spiro atoms. The number of nitrogens with zero attached hydrogens (tertiary/aromatic N) is 1. The first-order valence-electron chi connectivity index (χ1n) is 4.68. The van der Waals surface area contributed by atoms with Gasteiger partial charge in [0.15, 0.2) is 0 Å². The van der Waals surface area contributed by atoms with Crippen LogP contribution in [0.3, 0.4) is 0 Å². The van der Waals surface area contributed by atoms with Crippen LogP contribution in [0, 0.1) is 5.92 Å². The summed E-state index contributed by atoms with van der Waals surface area (Å²) in [5.41, 5.74) is 2.95. The van der Waals surface area contributed by atoms with Crippen molar-refractivity contribution >= 4 is 0 Å². The molecule has 0 aromatic carbocycles. The average molecular weight is 165 g/mol. The molecule has 1 rings (SSSR count). The van der Waals surface area contributed by atoms with Crippen molar-refractivity contribution in [1.29, 1.82) is 0 Å². The molecule has 2 unspecified atom stereocenters. The Bertz CT molecular complexity index is 225. The van der Waals surface area contributed by atoms with Crippen molar-refractivity contribution in [3.05, 3.63) is 23.5 Å². The van der Waals surface area contributed by atoms with E-state index in [2.05, 4.69) is 51.8 Å². The lowest BCUT2D eigenvalue weighted by Gasteiger charge is -2.23. The molecule has 0 amide bonds. The molecule has 0 N–H and O–H groups in total. The highest BCUT2D eigenvalue weighted by Crippen LogP contribution is 2.33. The molecule has 68 valence electrons. The van der Waals surface area contributed by atoms with Gasteiger partial charge in [-0.05, 0) is 45.4 Å². The summed E-state index contributed by atoms with van der Waals surface area (Å²) in [5.74, 6) is 0.696. The summed E-state index contributed by atoms with van der Waals surface area (Å²) in [6.07, 6.45) is 4.28. The van der Waals surface area contributed by atoms with Gasteiger partial charge in [-0.15, -0.1) is 0 Å². The van der Waals surface area contributed by atoms with E-state index in [4.69, 9.17) is 0 Å². The first-order chi connectivity index (χ1) is 5.59. The van der Waals surface area contributed by atoms with Crippen LogP contribution in [-0.2, 0) is 0 Å². The van der Waals surface area contributed by atoms with Gasteiger partial charge in [0.2, 0.25) is 0 Å². The fraction of sp³-hybridized carbons (Fsp3) is 0.636. The Morgan fingerprint density at radius 3 is 2.17 bits per heavy atom. The third-order valence-corrected chi connectivity index (χ3v) is 3.11. The normalized spacial score (nSPS) is 30.9. The molecular formula is C11H19N. The smallest absolute Gasteiger partial charge is 0.0368 e. The van der Waals surface area contributed by atoms with E-state index in [1.807, 2.05) is 0 Å². The largest absolute Gasteiger partial charge is 0.349 e. The van der Waals surface area contributed by atoms with Crippen molar-refractivity contribution in [3.63, 3.8) is 0 Å². The van der Waals surface area contributed by atoms with Crippen LogP contribution in [0.15, 0.2) is 23.5 Å². The van der Waals surface area contributed by atoms with E-state index in [0.717, 1.165) is 0 Å². The van der Waals surface area contributed by atoms with Crippen molar-refractivity contribution in [2.24, 2.45) is 5.92 Å². The third kappa shape index (κ3) is 1.28. The zero-order valence-corrected chi connectivity index (χ0v) is 8.76. The van der Waals surface area contributed by atoms with Crippen LogP contribution >= 0.6 is 0 Å². The summed E-state index contributed by atoms with van der Waals surface area (Å²) in [4.78, 5) is 2.36. The number of allylic oxidation sites excluding steroid dienone is 2. The van der Waals surface area contributed by atoms with Crippen molar-refractivity contribution in [2.75, 3.05) is 0 Å². The molecule has 0 bridgehead atoms. The van der Waals surface area contributed by atoms with Crippen LogP contribution < -0.4 is 0 Å². The highest BCUT2D eigenvalue weighted by atomic mass is 15.2. The fourth-order valence-electron chi connectivity index (χ4n) is 1.85. The molecule has 0 radical (unpaired) electrons. The molecule has 2 atom stereocenters. The maximum absolute atomic E-state index is 2.36. The van der Waals surface area contributed by atoms with E-state index in [0.29, 0.717) is 12.0 Å². The molecule has 12 heavy (non-hydrogen) atoms. The summed E-state index contributed by atoms with van der Waals surface area (Å²) in [6.45, 7) is 11.1. The molecule has 0 aliphatic carbocycles. The minimum absolute atomic E-state index is 0.626. The lowest BCUT2D eigenvalue weighted by Crippen LogP contribution is -2.24. The molecule has 1 nitrogen and oxygen atoms in total. The second-order valence-corrected chi connectivity index (χ2v) is 3.69. The standard InChI is InChI=1S/C11H19N/c1-6-7-12-10(4)8(2)9(3)11(12)5/h6-8,10H,1-5H3/b7-6-. The van der Waals surface area contributed by atoms with Crippen molar-refractivity contribution < 1.29 is 0 Å². The van der Waals surface area contributed by atoms with Crippen LogP contribution in [0.1, 0.15) is 34.6 Å². The van der Waals surface area contributed by atoms with Crippen LogP contribution in [0.4, 0.5) is 0 Å². The van der Waals surface area contributed by atoms with Gasteiger partial charge in [0.05, 0.1) is 0 Å². The van der Waals surface area contributed by atoms with Gasteiger partial charge < -0.3 is 4.90 Å². The summed E-state index contributed by atoms with van der Waals surface area (Å²) in [5, 5.41) is 0. The molecule has 0 aromatic rings. The molecule has 1 aliphatic rings. The van der Waals surface area contributed by atoms with Gasteiger partial charge >= 0.3 is 0 Å². The maximum Gasteiger partial charge on any atom is 0.0368 e. The predicted octanol–water partition coefficient (Wildman–Crippen LogP) is 3.15. The molecule has 0 fully saturated rings. The van der Waals surface area contributed by atoms with E-state index in [-0.39, 0.29) is 0 Å². The second kappa shape index (κ2) is 3.34. The predicted molar refractivity (Wildman–Crippen MR) is 53.7 cm³/mol. The number of hydrogen-bond donors (Lipinski definition) is 0. The molecule has 0 saturated heterocycles. The summed E-state index contributed by atoms with van der Waals surface area (Å²) >= 11 is 0. The Hall–Kier alpha value is -0.720. The van der Waals surface area contributed by atoms with E-state index in [9.17, 15) is 0 Å². The van der Waals surface area contributed by atoms with Crippen LogP contribution in [0.25, 0.3) is 0 Å². The molecule has 1 aliphatic heterocycles. The first kappa shape index (κ1) is 9.37. The summed E-state index contributed by atoms with van der Waals surface area (Å²) in [7, 11) is 0. The van der Waals surface area contributed by atoms with Crippen LogP contribution in [0.2, 0.25) is 0 Å². The van der Waals surface area contributed by atoms with Crippen molar-refractivity contribution in [1.82, 2.24) is 4.90 Å². The highest BCUT2D eigenvalue weighted by molar-refractivity contribution is 5.23. The topological polar surface area (TPSA) is 3.24 Å². The lowest BCUT2D eigenvalue weighted by molar-refractivity contribution is 0.345. The Labute approximate surface area is 75.8 Å². The minimum Gasteiger partial charge on any atom is -0.349 e. The Morgan fingerprint density at radius 1 is 1.25 bits per heavy atom. The maximum atomic E-state index is 2.36. The van der Waals surface area contributed by atoms with E-state index >= 15 is 0 Å². The van der Waals surface area contributed by atoms with E-state index in [1.54, 1.807) is 0 Å². The van der Waals surface area contributed by atoms with Gasteiger partial charge in [-0.25, -0.2) is 0 Å². The first-order valence-corrected chi connectivity index (χ1v) is 4.68. The van der Waals surface area contributed by atoms with E-state index in [1.165, 1.54) is 11.3 Å². The Morgan fingerprint density at radius 2 is 1.83 bits per heavy atom. The quantitative estimate of drug-likeness (QED) is 0.577. The minimum atomic E-state index is 0.626. The van der Waals surface area contributed by atoms with Gasteiger partial charge in [0, 0.05) is 11.7 Å². The summed E-state index contributed by atoms with van der Waals surface area (Å²) in [6, 6.07) is 0.626. The van der Waals surface area contributed by atoms with Gasteiger partial charge in [0.1, 0.15) is 0 Å². The molecular weight excluding hydrogens is 146 g/mol. The fourth-order valence-corrected chi connectivity index (χ4v) is 1.85. The Kier molecular flexibility index (Phi) is 2.61. The van der Waals surface area contributed by atoms with Gasteiger partial charge in [-0.2, -0.15) is 0 Å². The van der Waals surface area contributed by atoms with Gasteiger partial charge in [-0.1, -0.05) is 13.0 Å². The van der Waals surface area contributed by atoms with Gasteiger partial charge in [0.25, 0.3) is 0 Å². The van der Waals surface area contributed by atoms with Crippen molar-refractivity contribution in [2.45, 2.75) is 40.7 Å². The number of rotatable bonds is 1. The number of hydrogen-bond acceptors (Lipinski definition) is 1. The van der Waals surface area contributed by atoms with E-state index < -0.39 is 0 Å². The zero-order valence-electron chi connectivity index (χ0n) is 8.76. The SMILES string of the molecule is C/C=C\N1C(C)=C(C)C(C)C1C. The van der Waals surface area contributed by atoms with Crippen LogP contribution in [0.5, 0.6) is 0 Å². The molecule has 0 aromatic heterocycles. The average Bonchev–Trinajstić information content (AvgIpc) is 2.23. The third-order valence-electron chi connectivity index (χ3n) is 3.11. The zero-order chi connectivity index (χ0) is 9.30. The molecule has 0 saturated carbocycles. The monoisotopic (exact) mass is 165 g/mol. The van der Waals surface area contributed by atoms with Gasteiger partial charge in [-0.3, -0.25) is 0 Å². The summed E-state index contributed by atoms with van der Waals surface area (Å²) < 4.78 is 0. The lowest BCUT2D eigenvalue weighted by atomic mass is 9.99. The van der Waals surface area contributed by atoms with Crippen LogP contribution in [-0.4, -0.2) is 10.9 Å². The van der Waals surface area contributed by atoms with Crippen molar-refractivity contribution in [3.8, 4) is 0 Å². The second-order valence-electron chi connectivity index (χ2n) is 3.69. The molecule has 1 heteroatoms. The highest BCUT2D eigenvalue weighted by Gasteiger charge is 2.28.